The number of hydrogen-bond acceptors (Lipinski definition) is 5. The number of amides is 3. The zero-order valence-electron chi connectivity index (χ0n) is 16.3. The van der Waals surface area contributed by atoms with E-state index in [2.05, 4.69) is 21.3 Å². The highest BCUT2D eigenvalue weighted by Crippen LogP contribution is 2.12. The molecule has 0 aliphatic heterocycles. The maximum atomic E-state index is 12.5. The minimum Gasteiger partial charge on any atom is -0.352 e. The van der Waals surface area contributed by atoms with Gasteiger partial charge in [0.2, 0.25) is 5.91 Å². The molecule has 0 aliphatic rings. The van der Waals surface area contributed by atoms with Gasteiger partial charge < -0.3 is 5.32 Å². The maximum absolute atomic E-state index is 12.5. The summed E-state index contributed by atoms with van der Waals surface area (Å²) in [5.41, 5.74) is 4.84. The quantitative estimate of drug-likeness (QED) is 0.526. The van der Waals surface area contributed by atoms with Crippen LogP contribution in [0.4, 0.5) is 0 Å². The van der Waals surface area contributed by atoms with Crippen LogP contribution in [0.1, 0.15) is 34.2 Å². The molecule has 2 aromatic carbocycles. The number of aromatic nitrogens is 2. The van der Waals surface area contributed by atoms with Gasteiger partial charge in [-0.2, -0.15) is 5.10 Å². The van der Waals surface area contributed by atoms with Crippen molar-refractivity contribution in [2.75, 3.05) is 6.54 Å². The molecule has 30 heavy (non-hydrogen) atoms. The minimum absolute atomic E-state index is 0.0263. The number of aryl methyl sites for hydroxylation is 1. The van der Waals surface area contributed by atoms with E-state index in [1.807, 2.05) is 0 Å². The number of hydrazine groups is 1. The summed E-state index contributed by atoms with van der Waals surface area (Å²) in [6.07, 6.45) is -0.0263. The average molecular weight is 407 g/mol. The Hall–Kier alpha value is -4.01. The number of carbonyl (C=O) groups excluding carboxylic acids is 3. The van der Waals surface area contributed by atoms with Crippen LogP contribution in [-0.2, 0) is 11.3 Å². The van der Waals surface area contributed by atoms with Crippen LogP contribution >= 0.6 is 0 Å². The van der Waals surface area contributed by atoms with Gasteiger partial charge in [0.1, 0.15) is 0 Å². The third-order valence-electron chi connectivity index (χ3n) is 4.37. The standard InChI is InChI=1S/C21H21N5O4/c1-2-26-21(30)16-11-7-6-10-15(16)18(25-26)20(29)24-23-17(27)12-13-22-19(28)14-8-4-3-5-9-14/h3-11H,2,12-13H2,1H3,(H,22,28)(H,23,27)(H,24,29). The number of nitrogens with zero attached hydrogens (tertiary/aromatic N) is 2. The summed E-state index contributed by atoms with van der Waals surface area (Å²) < 4.78 is 1.19. The van der Waals surface area contributed by atoms with Crippen molar-refractivity contribution in [3.63, 3.8) is 0 Å². The van der Waals surface area contributed by atoms with E-state index >= 15 is 0 Å². The molecule has 1 aromatic heterocycles. The number of rotatable bonds is 6. The lowest BCUT2D eigenvalue weighted by Gasteiger charge is -2.11. The Balaban J connectivity index is 1.58. The van der Waals surface area contributed by atoms with Gasteiger partial charge in [-0.1, -0.05) is 36.4 Å². The summed E-state index contributed by atoms with van der Waals surface area (Å²) in [7, 11) is 0. The van der Waals surface area contributed by atoms with Gasteiger partial charge in [0.15, 0.2) is 5.69 Å². The van der Waals surface area contributed by atoms with Crippen LogP contribution in [0.15, 0.2) is 59.4 Å². The molecule has 3 rings (SSSR count). The number of fused-ring (bicyclic) bond motifs is 1. The fraction of sp³-hybridized carbons (Fsp3) is 0.190. The number of benzene rings is 2. The lowest BCUT2D eigenvalue weighted by Crippen LogP contribution is -2.43. The highest BCUT2D eigenvalue weighted by Gasteiger charge is 2.16. The first-order valence-electron chi connectivity index (χ1n) is 9.43. The lowest BCUT2D eigenvalue weighted by atomic mass is 10.1. The smallest absolute Gasteiger partial charge is 0.290 e. The molecule has 0 aliphatic carbocycles. The molecule has 1 heterocycles. The van der Waals surface area contributed by atoms with Gasteiger partial charge in [0, 0.05) is 30.5 Å². The van der Waals surface area contributed by atoms with Crippen molar-refractivity contribution >= 4 is 28.5 Å². The summed E-state index contributed by atoms with van der Waals surface area (Å²) in [5, 5.41) is 7.50. The molecule has 9 nitrogen and oxygen atoms in total. The molecule has 154 valence electrons. The Morgan fingerprint density at radius 2 is 1.57 bits per heavy atom. The fourth-order valence-corrected chi connectivity index (χ4v) is 2.85. The molecule has 0 fully saturated rings. The van der Waals surface area contributed by atoms with Crippen molar-refractivity contribution in [3.05, 3.63) is 76.2 Å². The van der Waals surface area contributed by atoms with E-state index in [4.69, 9.17) is 0 Å². The number of hydrogen-bond donors (Lipinski definition) is 3. The predicted molar refractivity (Wildman–Crippen MR) is 111 cm³/mol. The normalized spacial score (nSPS) is 10.4. The summed E-state index contributed by atoms with van der Waals surface area (Å²) in [6, 6.07) is 15.3. The lowest BCUT2D eigenvalue weighted by molar-refractivity contribution is -0.121. The van der Waals surface area contributed by atoms with Crippen LogP contribution in [-0.4, -0.2) is 34.0 Å². The summed E-state index contributed by atoms with van der Waals surface area (Å²) in [5.74, 6) is -1.41. The third kappa shape index (κ3) is 4.69. The van der Waals surface area contributed by atoms with Gasteiger partial charge in [0.05, 0.1) is 5.39 Å². The second-order valence-corrected chi connectivity index (χ2v) is 6.39. The van der Waals surface area contributed by atoms with Crippen LogP contribution < -0.4 is 21.7 Å². The zero-order valence-corrected chi connectivity index (χ0v) is 16.3. The average Bonchev–Trinajstić information content (AvgIpc) is 2.78. The highest BCUT2D eigenvalue weighted by molar-refractivity contribution is 6.05. The minimum atomic E-state index is -0.643. The van der Waals surface area contributed by atoms with E-state index < -0.39 is 11.8 Å². The van der Waals surface area contributed by atoms with Crippen molar-refractivity contribution < 1.29 is 14.4 Å². The predicted octanol–water partition coefficient (Wildman–Crippen LogP) is 0.998. The highest BCUT2D eigenvalue weighted by atomic mass is 16.2. The van der Waals surface area contributed by atoms with E-state index in [0.717, 1.165) is 0 Å². The Kier molecular flexibility index (Phi) is 6.53. The first kappa shape index (κ1) is 20.7. The summed E-state index contributed by atoms with van der Waals surface area (Å²) >= 11 is 0. The van der Waals surface area contributed by atoms with E-state index in [-0.39, 0.29) is 30.1 Å². The van der Waals surface area contributed by atoms with Crippen molar-refractivity contribution in [3.8, 4) is 0 Å². The van der Waals surface area contributed by atoms with Crippen LogP contribution in [0.5, 0.6) is 0 Å². The molecule has 0 saturated carbocycles. The SMILES string of the molecule is CCn1nc(C(=O)NNC(=O)CCNC(=O)c2ccccc2)c2ccccc2c1=O. The van der Waals surface area contributed by atoms with E-state index in [0.29, 0.717) is 22.9 Å². The van der Waals surface area contributed by atoms with Crippen LogP contribution in [0, 0.1) is 0 Å². The van der Waals surface area contributed by atoms with E-state index in [1.165, 1.54) is 4.68 Å². The molecule has 3 N–H and O–H groups in total. The van der Waals surface area contributed by atoms with E-state index in [9.17, 15) is 19.2 Å². The largest absolute Gasteiger partial charge is 0.352 e. The Morgan fingerprint density at radius 1 is 0.900 bits per heavy atom. The van der Waals surface area contributed by atoms with Gasteiger partial charge in [-0.3, -0.25) is 30.0 Å². The summed E-state index contributed by atoms with van der Waals surface area (Å²) in [4.78, 5) is 48.8. The van der Waals surface area contributed by atoms with E-state index in [1.54, 1.807) is 61.5 Å². The number of carbonyl (C=O) groups is 3. The molecular formula is C21H21N5O4. The van der Waals surface area contributed by atoms with Crippen molar-refractivity contribution in [2.24, 2.45) is 0 Å². The van der Waals surface area contributed by atoms with Crippen LogP contribution in [0.25, 0.3) is 10.8 Å². The first-order chi connectivity index (χ1) is 14.5. The number of nitrogens with one attached hydrogen (secondary N) is 3. The molecule has 0 atom stereocenters. The zero-order chi connectivity index (χ0) is 21.5. The Bertz CT molecular complexity index is 1140. The molecule has 0 bridgehead atoms. The maximum Gasteiger partial charge on any atom is 0.290 e. The fourth-order valence-electron chi connectivity index (χ4n) is 2.85. The van der Waals surface area contributed by atoms with Crippen LogP contribution in [0.3, 0.4) is 0 Å². The summed E-state index contributed by atoms with van der Waals surface area (Å²) in [6.45, 7) is 2.16. The van der Waals surface area contributed by atoms with Gasteiger partial charge in [-0.05, 0) is 25.1 Å². The molecule has 0 radical (unpaired) electrons. The second kappa shape index (κ2) is 9.46. The molecule has 0 spiro atoms. The van der Waals surface area contributed by atoms with Crippen molar-refractivity contribution in [2.45, 2.75) is 19.9 Å². The van der Waals surface area contributed by atoms with Gasteiger partial charge >= 0.3 is 0 Å². The molecule has 9 heteroatoms. The Morgan fingerprint density at radius 3 is 2.27 bits per heavy atom. The first-order valence-corrected chi connectivity index (χ1v) is 9.43. The van der Waals surface area contributed by atoms with Gasteiger partial charge in [0.25, 0.3) is 17.4 Å². The second-order valence-electron chi connectivity index (χ2n) is 6.39. The molecule has 3 amide bonds. The van der Waals surface area contributed by atoms with Crippen LogP contribution in [0.2, 0.25) is 0 Å². The molecule has 3 aromatic rings. The van der Waals surface area contributed by atoms with Crippen molar-refractivity contribution in [1.82, 2.24) is 25.9 Å². The van der Waals surface area contributed by atoms with Gasteiger partial charge in [-0.25, -0.2) is 4.68 Å². The van der Waals surface area contributed by atoms with Gasteiger partial charge in [-0.15, -0.1) is 0 Å². The molecule has 0 saturated heterocycles. The topological polar surface area (TPSA) is 122 Å². The molecule has 0 unspecified atom stereocenters. The Labute approximate surface area is 172 Å². The van der Waals surface area contributed by atoms with Crippen molar-refractivity contribution in [1.29, 1.82) is 0 Å². The monoisotopic (exact) mass is 407 g/mol. The third-order valence-corrected chi connectivity index (χ3v) is 4.37. The molecular weight excluding hydrogens is 386 g/mol.